The predicted octanol–water partition coefficient (Wildman–Crippen LogP) is 9.90. The van der Waals surface area contributed by atoms with Gasteiger partial charge in [0.2, 0.25) is 0 Å². The number of benzene rings is 4. The smallest absolute Gasteiger partial charge is 0.300 e. The molecule has 6 rings (SSSR count). The summed E-state index contributed by atoms with van der Waals surface area (Å²) in [6.07, 6.45) is -5.29. The van der Waals surface area contributed by atoms with E-state index in [1.165, 1.54) is 12.1 Å². The monoisotopic (exact) mass is 874 g/mol. The zero-order valence-corrected chi connectivity index (χ0v) is 29.0. The average molecular weight is 875 g/mol. The van der Waals surface area contributed by atoms with Gasteiger partial charge in [-0.2, -0.15) is 24.5 Å². The van der Waals surface area contributed by atoms with Crippen LogP contribution in [0.3, 0.4) is 0 Å². The molecule has 0 aliphatic rings. The van der Waals surface area contributed by atoms with Crippen LogP contribution in [0.15, 0.2) is 109 Å². The average Bonchev–Trinajstić information content (AvgIpc) is 3.10. The second-order valence-electron chi connectivity index (χ2n) is 11.9. The summed E-state index contributed by atoms with van der Waals surface area (Å²) in [7, 11) is 0. The van der Waals surface area contributed by atoms with E-state index in [0.717, 1.165) is 6.07 Å². The SMILES string of the molecule is CC(C)(c1cccc(-c2[c-]cc(F)c(C(F)(F)F)c2F)n1)c1cccc(C(c2ccccc2)(c2ccccc2)c2[c-]cc(F)c(C#N)c2F)n1.[Pt+2]. The van der Waals surface area contributed by atoms with Crippen molar-refractivity contribution in [2.24, 2.45) is 0 Å². The molecule has 0 atom stereocenters. The molecule has 6 aromatic rings. The zero-order chi connectivity index (χ0) is 35.8. The molecule has 0 radical (unpaired) electrons. The van der Waals surface area contributed by atoms with Crippen LogP contribution in [0, 0.1) is 46.7 Å². The standard InChI is InChI=1S/C40H24F7N3.Pt/c1-38(2,32-16-9-15-31(49-32)26-19-21-30(42)35(37(26)44)40(45,46)47)33-17-10-18-34(50-33)39(24-11-5-3-6-12-24,25-13-7-4-8-14-25)28-20-22-29(41)27(23-48)36(28)43;/h3-18,21-22H,1-2H3;/q-2;+2. The van der Waals surface area contributed by atoms with Gasteiger partial charge in [0.05, 0.1) is 34.5 Å². The molecule has 0 spiro atoms. The Balaban J connectivity index is 0.00000504. The summed E-state index contributed by atoms with van der Waals surface area (Å²) in [5.74, 6) is -5.83. The van der Waals surface area contributed by atoms with Gasteiger partial charge in [-0.15, -0.1) is 23.8 Å². The fourth-order valence-electron chi connectivity index (χ4n) is 6.12. The molecule has 4 aromatic carbocycles. The topological polar surface area (TPSA) is 49.6 Å². The third-order valence-electron chi connectivity index (χ3n) is 8.65. The Morgan fingerprint density at radius 2 is 1.16 bits per heavy atom. The number of hydrogen-bond acceptors (Lipinski definition) is 3. The summed E-state index contributed by atoms with van der Waals surface area (Å²) in [5, 5.41) is 9.70. The van der Waals surface area contributed by atoms with Crippen molar-refractivity contribution in [1.82, 2.24) is 9.97 Å². The van der Waals surface area contributed by atoms with Crippen LogP contribution < -0.4 is 0 Å². The van der Waals surface area contributed by atoms with Crippen LogP contribution in [0.25, 0.3) is 11.3 Å². The van der Waals surface area contributed by atoms with E-state index in [9.17, 15) is 27.2 Å². The summed E-state index contributed by atoms with van der Waals surface area (Å²) < 4.78 is 101. The maximum Gasteiger partial charge on any atom is 2.00 e. The summed E-state index contributed by atoms with van der Waals surface area (Å²) in [5.41, 5.74) is -4.59. The fourth-order valence-corrected chi connectivity index (χ4v) is 6.12. The second-order valence-corrected chi connectivity index (χ2v) is 11.9. The summed E-state index contributed by atoms with van der Waals surface area (Å²) >= 11 is 0. The first-order valence-electron chi connectivity index (χ1n) is 15.2. The van der Waals surface area contributed by atoms with E-state index >= 15 is 8.78 Å². The molecule has 0 bridgehead atoms. The van der Waals surface area contributed by atoms with E-state index in [4.69, 9.17) is 4.98 Å². The number of nitrogens with zero attached hydrogens (tertiary/aromatic N) is 3. The van der Waals surface area contributed by atoms with Gasteiger partial charge in [0.1, 0.15) is 0 Å². The molecule has 0 amide bonds. The fraction of sp³-hybridized carbons (Fsp3) is 0.125. The first kappa shape index (κ1) is 37.1. The maximum absolute atomic E-state index is 16.4. The van der Waals surface area contributed by atoms with E-state index in [1.54, 1.807) is 105 Å². The minimum atomic E-state index is -5.29. The Morgan fingerprint density at radius 3 is 1.73 bits per heavy atom. The Labute approximate surface area is 303 Å². The normalized spacial score (nSPS) is 11.8. The van der Waals surface area contributed by atoms with Gasteiger partial charge in [-0.1, -0.05) is 84.4 Å². The molecule has 2 heterocycles. The Morgan fingerprint density at radius 1 is 0.627 bits per heavy atom. The molecule has 0 aliphatic heterocycles. The van der Waals surface area contributed by atoms with Crippen molar-refractivity contribution in [2.45, 2.75) is 30.9 Å². The van der Waals surface area contributed by atoms with Crippen molar-refractivity contribution in [3.63, 3.8) is 0 Å². The minimum Gasteiger partial charge on any atom is -0.300 e. The minimum absolute atomic E-state index is 0. The van der Waals surface area contributed by atoms with E-state index in [1.807, 2.05) is 0 Å². The Bertz CT molecular complexity index is 2210. The molecule has 0 saturated heterocycles. The summed E-state index contributed by atoms with van der Waals surface area (Å²) in [4.78, 5) is 9.51. The van der Waals surface area contributed by atoms with E-state index < -0.39 is 57.0 Å². The van der Waals surface area contributed by atoms with Crippen LogP contribution in [0.4, 0.5) is 30.7 Å². The number of halogens is 7. The molecular weight excluding hydrogens is 851 g/mol. The van der Waals surface area contributed by atoms with Crippen molar-refractivity contribution in [3.8, 4) is 17.3 Å². The van der Waals surface area contributed by atoms with Gasteiger partial charge in [-0.25, -0.2) is 0 Å². The molecule has 0 fully saturated rings. The molecule has 0 unspecified atom stereocenters. The summed E-state index contributed by atoms with van der Waals surface area (Å²) in [6, 6.07) is 34.8. The molecule has 51 heavy (non-hydrogen) atoms. The number of rotatable bonds is 7. The van der Waals surface area contributed by atoms with E-state index in [0.29, 0.717) is 22.9 Å². The molecule has 3 nitrogen and oxygen atoms in total. The zero-order valence-electron chi connectivity index (χ0n) is 26.7. The molecule has 2 aromatic heterocycles. The van der Waals surface area contributed by atoms with Crippen LogP contribution in [0.1, 0.15) is 58.7 Å². The van der Waals surface area contributed by atoms with Gasteiger partial charge in [0, 0.05) is 33.9 Å². The first-order chi connectivity index (χ1) is 23.8. The molecule has 0 aliphatic carbocycles. The quantitative estimate of drug-likeness (QED) is 0.0913. The maximum atomic E-state index is 16.4. The largest absolute Gasteiger partial charge is 2.00 e. The van der Waals surface area contributed by atoms with Crippen molar-refractivity contribution >= 4 is 0 Å². The first-order valence-corrected chi connectivity index (χ1v) is 15.2. The van der Waals surface area contributed by atoms with Crippen LogP contribution in [-0.2, 0) is 38.1 Å². The van der Waals surface area contributed by atoms with Crippen LogP contribution in [0.5, 0.6) is 0 Å². The number of pyridine rings is 2. The van der Waals surface area contributed by atoms with Gasteiger partial charge in [-0.05, 0) is 48.9 Å². The Kier molecular flexibility index (Phi) is 10.4. The molecular formula is C40H24F7N3Pt. The van der Waals surface area contributed by atoms with Crippen LogP contribution in [0.2, 0.25) is 0 Å². The van der Waals surface area contributed by atoms with Gasteiger partial charge in [0.15, 0.2) is 0 Å². The van der Waals surface area contributed by atoms with Gasteiger partial charge in [-0.3, -0.25) is 22.5 Å². The molecule has 0 saturated carbocycles. The van der Waals surface area contributed by atoms with Crippen LogP contribution in [-0.4, -0.2) is 9.97 Å². The summed E-state index contributed by atoms with van der Waals surface area (Å²) in [6.45, 7) is 3.48. The van der Waals surface area contributed by atoms with Crippen molar-refractivity contribution in [2.75, 3.05) is 0 Å². The molecule has 11 heteroatoms. The predicted molar refractivity (Wildman–Crippen MR) is 172 cm³/mol. The van der Waals surface area contributed by atoms with E-state index in [2.05, 4.69) is 17.1 Å². The van der Waals surface area contributed by atoms with Gasteiger partial charge >= 0.3 is 27.2 Å². The van der Waals surface area contributed by atoms with E-state index in [-0.39, 0.29) is 43.7 Å². The number of hydrogen-bond donors (Lipinski definition) is 0. The molecule has 258 valence electrons. The number of aromatic nitrogens is 2. The Hall–Kier alpha value is -5.13. The van der Waals surface area contributed by atoms with Crippen molar-refractivity contribution in [1.29, 1.82) is 5.26 Å². The van der Waals surface area contributed by atoms with Gasteiger partial charge < -0.3 is 4.98 Å². The van der Waals surface area contributed by atoms with Gasteiger partial charge in [0.25, 0.3) is 0 Å². The molecule has 0 N–H and O–H groups in total. The third kappa shape index (κ3) is 6.47. The van der Waals surface area contributed by atoms with Crippen molar-refractivity contribution in [3.05, 3.63) is 189 Å². The third-order valence-corrected chi connectivity index (χ3v) is 8.65. The number of alkyl halides is 3. The number of nitriles is 1. The van der Waals surface area contributed by atoms with Crippen molar-refractivity contribution < 1.29 is 51.8 Å². The van der Waals surface area contributed by atoms with Crippen LogP contribution >= 0.6 is 0 Å². The second kappa shape index (κ2) is 14.2.